The first-order valence-corrected chi connectivity index (χ1v) is 6.75. The molecule has 0 aromatic carbocycles. The number of rotatable bonds is 3. The van der Waals surface area contributed by atoms with Gasteiger partial charge in [0, 0.05) is 18.5 Å². The fourth-order valence-electron chi connectivity index (χ4n) is 1.92. The molecule has 0 saturated heterocycles. The maximum Gasteiger partial charge on any atom is 0.319 e. The van der Waals surface area contributed by atoms with E-state index in [9.17, 15) is 4.79 Å². The summed E-state index contributed by atoms with van der Waals surface area (Å²) in [6.45, 7) is 8.04. The largest absolute Gasteiger partial charge is 0.335 e. The number of anilines is 1. The lowest BCUT2D eigenvalue weighted by molar-refractivity contribution is 0.246. The predicted octanol–water partition coefficient (Wildman–Crippen LogP) is 2.44. The van der Waals surface area contributed by atoms with Gasteiger partial charge in [-0.05, 0) is 25.8 Å². The number of amides is 2. The van der Waals surface area contributed by atoms with Crippen molar-refractivity contribution in [3.05, 3.63) is 18.0 Å². The minimum atomic E-state index is -0.214. The lowest BCUT2D eigenvalue weighted by Gasteiger charge is -2.17. The molecule has 2 aromatic rings. The summed E-state index contributed by atoms with van der Waals surface area (Å²) in [5.74, 6) is 0.391. The second-order valence-corrected chi connectivity index (χ2v) is 5.44. The van der Waals surface area contributed by atoms with E-state index in [0.29, 0.717) is 11.6 Å². The van der Waals surface area contributed by atoms with Crippen molar-refractivity contribution in [3.63, 3.8) is 0 Å². The molecule has 2 N–H and O–H groups in total. The van der Waals surface area contributed by atoms with Gasteiger partial charge < -0.3 is 10.6 Å². The zero-order valence-corrected chi connectivity index (χ0v) is 12.6. The fraction of sp³-hybridized carbons (Fsp3) is 0.500. The second kappa shape index (κ2) is 5.48. The molecule has 0 spiro atoms. The summed E-state index contributed by atoms with van der Waals surface area (Å²) in [4.78, 5) is 16.2. The Hall–Kier alpha value is -2.11. The van der Waals surface area contributed by atoms with Gasteiger partial charge in [0.2, 0.25) is 0 Å². The van der Waals surface area contributed by atoms with Crippen LogP contribution in [-0.4, -0.2) is 26.8 Å². The second-order valence-electron chi connectivity index (χ2n) is 5.44. The number of carbonyl (C=O) groups is 1. The Morgan fingerprint density at radius 2 is 2.05 bits per heavy atom. The van der Waals surface area contributed by atoms with Gasteiger partial charge in [0.25, 0.3) is 0 Å². The molecule has 0 saturated carbocycles. The van der Waals surface area contributed by atoms with E-state index in [-0.39, 0.29) is 12.1 Å². The van der Waals surface area contributed by atoms with E-state index < -0.39 is 0 Å². The van der Waals surface area contributed by atoms with Gasteiger partial charge in [-0.3, -0.25) is 4.68 Å². The van der Waals surface area contributed by atoms with Gasteiger partial charge in [0.1, 0.15) is 0 Å². The molecular weight excluding hydrogens is 254 g/mol. The molecule has 6 nitrogen and oxygen atoms in total. The third kappa shape index (κ3) is 2.89. The Labute approximate surface area is 118 Å². The quantitative estimate of drug-likeness (QED) is 0.903. The molecule has 2 aromatic heterocycles. The van der Waals surface area contributed by atoms with E-state index in [4.69, 9.17) is 0 Å². The summed E-state index contributed by atoms with van der Waals surface area (Å²) in [6.07, 6.45) is 1.64. The van der Waals surface area contributed by atoms with Crippen LogP contribution in [0.5, 0.6) is 0 Å². The van der Waals surface area contributed by atoms with Crippen LogP contribution in [0.15, 0.2) is 12.3 Å². The minimum Gasteiger partial charge on any atom is -0.335 e. The number of fused-ring (bicyclic) bond motifs is 1. The number of hydrogen-bond acceptors (Lipinski definition) is 3. The van der Waals surface area contributed by atoms with Crippen molar-refractivity contribution in [2.75, 3.05) is 5.32 Å². The van der Waals surface area contributed by atoms with Crippen molar-refractivity contribution in [3.8, 4) is 0 Å². The summed E-state index contributed by atoms with van der Waals surface area (Å²) in [7, 11) is 1.85. The van der Waals surface area contributed by atoms with Crippen molar-refractivity contribution in [2.24, 2.45) is 13.0 Å². The Balaban J connectivity index is 2.14. The topological polar surface area (TPSA) is 71.8 Å². The minimum absolute atomic E-state index is 0.117. The Kier molecular flexibility index (Phi) is 3.92. The highest BCUT2D eigenvalue weighted by atomic mass is 16.2. The van der Waals surface area contributed by atoms with Crippen LogP contribution in [0.2, 0.25) is 0 Å². The average molecular weight is 275 g/mol. The van der Waals surface area contributed by atoms with Crippen LogP contribution in [0.25, 0.3) is 11.0 Å². The van der Waals surface area contributed by atoms with Crippen LogP contribution in [0.3, 0.4) is 0 Å². The molecule has 0 radical (unpaired) electrons. The zero-order valence-electron chi connectivity index (χ0n) is 12.6. The van der Waals surface area contributed by atoms with Crippen LogP contribution in [0.1, 0.15) is 26.5 Å². The van der Waals surface area contributed by atoms with Crippen LogP contribution < -0.4 is 10.6 Å². The monoisotopic (exact) mass is 275 g/mol. The molecule has 2 amide bonds. The van der Waals surface area contributed by atoms with Gasteiger partial charge in [-0.25, -0.2) is 9.78 Å². The number of aryl methyl sites for hydroxylation is 2. The highest BCUT2D eigenvalue weighted by Gasteiger charge is 2.12. The van der Waals surface area contributed by atoms with Crippen LogP contribution >= 0.6 is 0 Å². The highest BCUT2D eigenvalue weighted by Crippen LogP contribution is 2.19. The summed E-state index contributed by atoms with van der Waals surface area (Å²) in [5, 5.41) is 11.0. The van der Waals surface area contributed by atoms with E-state index >= 15 is 0 Å². The molecule has 0 aliphatic carbocycles. The number of pyridine rings is 1. The number of urea groups is 1. The molecule has 108 valence electrons. The van der Waals surface area contributed by atoms with E-state index in [1.54, 1.807) is 10.9 Å². The van der Waals surface area contributed by atoms with Gasteiger partial charge >= 0.3 is 6.03 Å². The van der Waals surface area contributed by atoms with E-state index in [2.05, 4.69) is 34.6 Å². The van der Waals surface area contributed by atoms with Gasteiger partial charge in [-0.2, -0.15) is 5.10 Å². The summed E-state index contributed by atoms with van der Waals surface area (Å²) < 4.78 is 1.73. The standard InChI is InChI=1S/C14H21N5O/c1-8(2)9(3)16-14(20)17-11-6-12-10(4)18-19(5)13(12)15-7-11/h6-9H,1-5H3,(H2,16,17,20)/t9-/m0/s1. The Bertz CT molecular complexity index is 632. The van der Waals surface area contributed by atoms with Crippen molar-refractivity contribution in [1.29, 1.82) is 0 Å². The first kappa shape index (κ1) is 14.3. The molecule has 0 aliphatic heterocycles. The van der Waals surface area contributed by atoms with E-state index in [1.807, 2.05) is 27.0 Å². The van der Waals surface area contributed by atoms with Crippen molar-refractivity contribution in [2.45, 2.75) is 33.7 Å². The first-order chi connectivity index (χ1) is 9.38. The number of nitrogens with zero attached hydrogens (tertiary/aromatic N) is 3. The third-order valence-electron chi connectivity index (χ3n) is 3.48. The van der Waals surface area contributed by atoms with Gasteiger partial charge in [0.15, 0.2) is 5.65 Å². The summed E-state index contributed by atoms with van der Waals surface area (Å²) in [6, 6.07) is 1.80. The summed E-state index contributed by atoms with van der Waals surface area (Å²) >= 11 is 0. The molecule has 0 unspecified atom stereocenters. The molecule has 0 fully saturated rings. The zero-order chi connectivity index (χ0) is 14.9. The number of carbonyl (C=O) groups excluding carboxylic acids is 1. The maximum atomic E-state index is 11.9. The Morgan fingerprint density at radius 1 is 1.35 bits per heavy atom. The molecule has 20 heavy (non-hydrogen) atoms. The number of hydrogen-bond donors (Lipinski definition) is 2. The molecular formula is C14H21N5O. The summed E-state index contributed by atoms with van der Waals surface area (Å²) in [5.41, 5.74) is 2.38. The van der Waals surface area contributed by atoms with Crippen molar-refractivity contribution >= 4 is 22.8 Å². The molecule has 1 atom stereocenters. The van der Waals surface area contributed by atoms with Crippen molar-refractivity contribution in [1.82, 2.24) is 20.1 Å². The van der Waals surface area contributed by atoms with E-state index in [0.717, 1.165) is 16.7 Å². The lowest BCUT2D eigenvalue weighted by Crippen LogP contribution is -2.39. The number of nitrogens with one attached hydrogen (secondary N) is 2. The van der Waals surface area contributed by atoms with Gasteiger partial charge in [0.05, 0.1) is 17.6 Å². The predicted molar refractivity (Wildman–Crippen MR) is 79.7 cm³/mol. The fourth-order valence-corrected chi connectivity index (χ4v) is 1.92. The third-order valence-corrected chi connectivity index (χ3v) is 3.48. The number of aromatic nitrogens is 3. The Morgan fingerprint density at radius 3 is 2.70 bits per heavy atom. The molecule has 6 heteroatoms. The van der Waals surface area contributed by atoms with Crippen LogP contribution in [0.4, 0.5) is 10.5 Å². The molecule has 0 aliphatic rings. The van der Waals surface area contributed by atoms with Crippen molar-refractivity contribution < 1.29 is 4.79 Å². The normalized spacial score (nSPS) is 12.7. The van der Waals surface area contributed by atoms with Gasteiger partial charge in [-0.1, -0.05) is 13.8 Å². The first-order valence-electron chi connectivity index (χ1n) is 6.75. The average Bonchev–Trinajstić information content (AvgIpc) is 2.64. The van der Waals surface area contributed by atoms with Crippen LogP contribution in [0, 0.1) is 12.8 Å². The van der Waals surface area contributed by atoms with Gasteiger partial charge in [-0.15, -0.1) is 0 Å². The SMILES string of the molecule is Cc1nn(C)c2ncc(NC(=O)N[C@@H](C)C(C)C)cc12. The van der Waals surface area contributed by atoms with E-state index in [1.165, 1.54) is 0 Å². The maximum absolute atomic E-state index is 11.9. The highest BCUT2D eigenvalue weighted by molar-refractivity contribution is 5.92. The molecule has 0 bridgehead atoms. The molecule has 2 heterocycles. The molecule has 2 rings (SSSR count). The van der Waals surface area contributed by atoms with Crippen LogP contribution in [-0.2, 0) is 7.05 Å². The smallest absolute Gasteiger partial charge is 0.319 e. The lowest BCUT2D eigenvalue weighted by atomic mass is 10.1.